The molecule has 1 rings (SSSR count). The van der Waals surface area contributed by atoms with Crippen molar-refractivity contribution in [3.8, 4) is 11.8 Å². The summed E-state index contributed by atoms with van der Waals surface area (Å²) < 4.78 is 0. The molecule has 0 saturated heterocycles. The van der Waals surface area contributed by atoms with E-state index in [1.165, 1.54) is 0 Å². The monoisotopic (exact) mass is 90.0 g/mol. The van der Waals surface area contributed by atoms with E-state index in [-0.39, 0.29) is 0 Å². The Balaban J connectivity index is 2.68. The molecule has 0 aromatic heterocycles. The fraction of sp³-hybridized carbons (Fsp3) is 0.143. The fourth-order valence-electron chi connectivity index (χ4n) is 0.427. The third-order valence-corrected chi connectivity index (χ3v) is 0.749. The summed E-state index contributed by atoms with van der Waals surface area (Å²) in [7, 11) is 0. The van der Waals surface area contributed by atoms with E-state index in [1.807, 2.05) is 24.3 Å². The highest BCUT2D eigenvalue weighted by Gasteiger charge is 1.68. The van der Waals surface area contributed by atoms with E-state index in [0.29, 0.717) is 0 Å². The average Bonchev–Trinajstić information content (AvgIpc) is 1.90. The van der Waals surface area contributed by atoms with E-state index < -0.39 is 0 Å². The number of hydrogen-bond acceptors (Lipinski definition) is 0. The molecular weight excluding hydrogens is 84.1 g/mol. The number of hydrogen-bond donors (Lipinski definition) is 0. The maximum Gasteiger partial charge on any atom is 0.0276 e. The molecule has 0 spiro atoms. The zero-order valence-corrected chi connectivity index (χ0v) is 4.02. The summed E-state index contributed by atoms with van der Waals surface area (Å²) >= 11 is 0. The highest BCUT2D eigenvalue weighted by molar-refractivity contribution is 5.24. The smallest absolute Gasteiger partial charge is 0.0276 e. The highest BCUT2D eigenvalue weighted by atomic mass is 13.7. The van der Waals surface area contributed by atoms with Crippen LogP contribution in [0.15, 0.2) is 24.3 Å². The van der Waals surface area contributed by atoms with Crippen molar-refractivity contribution in [1.82, 2.24) is 0 Å². The second kappa shape index (κ2) is 2.25. The summed E-state index contributed by atoms with van der Waals surface area (Å²) in [5.41, 5.74) is 0. The first kappa shape index (κ1) is 4.21. The minimum absolute atomic E-state index is 0.896. The highest BCUT2D eigenvalue weighted by Crippen LogP contribution is 1.85. The van der Waals surface area contributed by atoms with Gasteiger partial charge in [0, 0.05) is 6.42 Å². The van der Waals surface area contributed by atoms with Gasteiger partial charge >= 0.3 is 0 Å². The third-order valence-electron chi connectivity index (χ3n) is 0.749. The first-order chi connectivity index (χ1) is 3.50. The van der Waals surface area contributed by atoms with Crippen LogP contribution in [0.5, 0.6) is 0 Å². The van der Waals surface area contributed by atoms with Crippen molar-refractivity contribution in [3.05, 3.63) is 24.3 Å². The lowest BCUT2D eigenvalue weighted by Crippen LogP contribution is -1.50. The van der Waals surface area contributed by atoms with Gasteiger partial charge in [0.25, 0.3) is 0 Å². The molecule has 0 aliphatic heterocycles. The number of rotatable bonds is 0. The molecule has 0 unspecified atom stereocenters. The minimum Gasteiger partial charge on any atom is -0.0944 e. The van der Waals surface area contributed by atoms with Crippen LogP contribution in [0.3, 0.4) is 0 Å². The van der Waals surface area contributed by atoms with E-state index in [1.54, 1.807) is 0 Å². The molecule has 0 nitrogen and oxygen atoms in total. The van der Waals surface area contributed by atoms with Crippen molar-refractivity contribution in [2.24, 2.45) is 0 Å². The quantitative estimate of drug-likeness (QED) is 0.395. The second-order valence-electron chi connectivity index (χ2n) is 1.31. The normalized spacial score (nSPS) is 14.9. The van der Waals surface area contributed by atoms with Gasteiger partial charge in [0.2, 0.25) is 0 Å². The Morgan fingerprint density at radius 1 is 1.29 bits per heavy atom. The molecule has 0 aromatic rings. The van der Waals surface area contributed by atoms with Gasteiger partial charge in [-0.2, -0.15) is 0 Å². The maximum absolute atomic E-state index is 2.92. The molecule has 0 heterocycles. The van der Waals surface area contributed by atoms with Crippen molar-refractivity contribution in [1.29, 1.82) is 0 Å². The zero-order valence-electron chi connectivity index (χ0n) is 4.02. The molecule has 34 valence electrons. The van der Waals surface area contributed by atoms with Crippen molar-refractivity contribution >= 4 is 0 Å². The Morgan fingerprint density at radius 2 is 2.29 bits per heavy atom. The van der Waals surface area contributed by atoms with Gasteiger partial charge < -0.3 is 0 Å². The van der Waals surface area contributed by atoms with Crippen LogP contribution in [0.25, 0.3) is 0 Å². The van der Waals surface area contributed by atoms with Crippen LogP contribution in [0, 0.1) is 11.8 Å². The molecule has 1 aliphatic rings. The molecule has 0 radical (unpaired) electrons. The predicted octanol–water partition coefficient (Wildman–Crippen LogP) is 1.51. The lowest BCUT2D eigenvalue weighted by Gasteiger charge is -1.65. The SMILES string of the molecule is C1#CCC=CC=C1. The van der Waals surface area contributed by atoms with Crippen LogP contribution >= 0.6 is 0 Å². The van der Waals surface area contributed by atoms with Crippen LogP contribution in [-0.4, -0.2) is 0 Å². The summed E-state index contributed by atoms with van der Waals surface area (Å²) in [5, 5.41) is 0. The molecule has 0 fully saturated rings. The van der Waals surface area contributed by atoms with Gasteiger partial charge in [-0.1, -0.05) is 30.1 Å². The average molecular weight is 90.1 g/mol. The van der Waals surface area contributed by atoms with Crippen LogP contribution in [0.2, 0.25) is 0 Å². The molecule has 0 bridgehead atoms. The Bertz CT molecular complexity index is 151. The molecule has 0 amide bonds. The van der Waals surface area contributed by atoms with Gasteiger partial charge in [0.1, 0.15) is 0 Å². The van der Waals surface area contributed by atoms with Crippen molar-refractivity contribution < 1.29 is 0 Å². The fourth-order valence-corrected chi connectivity index (χ4v) is 0.427. The van der Waals surface area contributed by atoms with Crippen molar-refractivity contribution in [3.63, 3.8) is 0 Å². The van der Waals surface area contributed by atoms with E-state index >= 15 is 0 Å². The summed E-state index contributed by atoms with van der Waals surface area (Å²) in [6.07, 6.45) is 8.72. The van der Waals surface area contributed by atoms with E-state index in [0.717, 1.165) is 6.42 Å². The molecule has 0 saturated carbocycles. The largest absolute Gasteiger partial charge is 0.0944 e. The molecule has 0 atom stereocenters. The first-order valence-electron chi connectivity index (χ1n) is 2.30. The second-order valence-corrected chi connectivity index (χ2v) is 1.31. The Morgan fingerprint density at radius 3 is 3.29 bits per heavy atom. The summed E-state index contributed by atoms with van der Waals surface area (Å²) in [5.74, 6) is 5.78. The molecular formula is C7H6. The molecule has 7 heavy (non-hydrogen) atoms. The molecule has 0 N–H and O–H groups in total. The summed E-state index contributed by atoms with van der Waals surface area (Å²) in [4.78, 5) is 0. The first-order valence-corrected chi connectivity index (χ1v) is 2.30. The van der Waals surface area contributed by atoms with Crippen molar-refractivity contribution in [2.75, 3.05) is 0 Å². The van der Waals surface area contributed by atoms with Gasteiger partial charge in [-0.15, -0.1) is 0 Å². The Labute approximate surface area is 43.5 Å². The topological polar surface area (TPSA) is 0 Å². The predicted molar refractivity (Wildman–Crippen MR) is 30.7 cm³/mol. The third kappa shape index (κ3) is 1.28. The van der Waals surface area contributed by atoms with E-state index in [9.17, 15) is 0 Å². The van der Waals surface area contributed by atoms with Crippen LogP contribution in [0.4, 0.5) is 0 Å². The van der Waals surface area contributed by atoms with Gasteiger partial charge in [0.05, 0.1) is 0 Å². The van der Waals surface area contributed by atoms with Gasteiger partial charge in [-0.3, -0.25) is 0 Å². The van der Waals surface area contributed by atoms with E-state index in [2.05, 4.69) is 11.8 Å². The Kier molecular flexibility index (Phi) is 1.35. The zero-order chi connectivity index (χ0) is 4.95. The van der Waals surface area contributed by atoms with E-state index in [4.69, 9.17) is 0 Å². The standard InChI is InChI=1S/C7H6/c1-2-4-6-7-5-3-1/h1-4H,5H2. The number of allylic oxidation sites excluding steroid dienone is 4. The Hall–Kier alpha value is -0.960. The minimum atomic E-state index is 0.896. The maximum atomic E-state index is 2.92. The summed E-state index contributed by atoms with van der Waals surface area (Å²) in [6, 6.07) is 0. The lowest BCUT2D eigenvalue weighted by molar-refractivity contribution is 1.48. The molecule has 1 aliphatic carbocycles. The lowest BCUT2D eigenvalue weighted by atomic mass is 10.4. The summed E-state index contributed by atoms with van der Waals surface area (Å²) in [6.45, 7) is 0. The van der Waals surface area contributed by atoms with Crippen LogP contribution in [0.1, 0.15) is 6.42 Å². The van der Waals surface area contributed by atoms with Gasteiger partial charge in [-0.05, 0) is 6.08 Å². The van der Waals surface area contributed by atoms with Gasteiger partial charge in [-0.25, -0.2) is 0 Å². The van der Waals surface area contributed by atoms with Gasteiger partial charge in [0.15, 0.2) is 0 Å². The molecule has 0 heteroatoms. The van der Waals surface area contributed by atoms with Crippen LogP contribution < -0.4 is 0 Å². The van der Waals surface area contributed by atoms with Crippen LogP contribution in [-0.2, 0) is 0 Å². The molecule has 0 aromatic carbocycles. The van der Waals surface area contributed by atoms with Crippen molar-refractivity contribution in [2.45, 2.75) is 6.42 Å².